The lowest BCUT2D eigenvalue weighted by Gasteiger charge is -2.40. The van der Waals surface area contributed by atoms with E-state index in [1.54, 1.807) is 0 Å². The van der Waals surface area contributed by atoms with E-state index in [1.165, 1.54) is 44.1 Å². The van der Waals surface area contributed by atoms with Crippen LogP contribution < -0.4 is 0 Å². The van der Waals surface area contributed by atoms with E-state index in [-0.39, 0.29) is 11.1 Å². The Balaban J connectivity index is 2.29. The average molecular weight is 393 g/mol. The Morgan fingerprint density at radius 2 is 1.63 bits per heavy atom. The van der Waals surface area contributed by atoms with Crippen LogP contribution in [0.5, 0.6) is 0 Å². The summed E-state index contributed by atoms with van der Waals surface area (Å²) in [5, 5.41) is 0.220. The van der Waals surface area contributed by atoms with Gasteiger partial charge in [-0.25, -0.2) is 0 Å². The SMILES string of the molecule is CC(C)[C@H]1C2=C[C@H](O[Si](C)(C)C(C)(C)C)[C@@H]1CCCCCCCCC(=O)C2. The topological polar surface area (TPSA) is 26.3 Å². The van der Waals surface area contributed by atoms with Crippen molar-refractivity contribution in [2.24, 2.45) is 17.8 Å². The van der Waals surface area contributed by atoms with Crippen LogP contribution in [0.4, 0.5) is 0 Å². The van der Waals surface area contributed by atoms with Crippen molar-refractivity contribution in [1.29, 1.82) is 0 Å². The molecule has 1 saturated carbocycles. The van der Waals surface area contributed by atoms with Crippen molar-refractivity contribution >= 4 is 14.1 Å². The van der Waals surface area contributed by atoms with Gasteiger partial charge in [-0.05, 0) is 48.7 Å². The van der Waals surface area contributed by atoms with Crippen molar-refractivity contribution < 1.29 is 9.22 Å². The monoisotopic (exact) mass is 392 g/mol. The maximum absolute atomic E-state index is 12.6. The van der Waals surface area contributed by atoms with E-state index in [4.69, 9.17) is 4.43 Å². The van der Waals surface area contributed by atoms with Gasteiger partial charge in [-0.15, -0.1) is 0 Å². The van der Waals surface area contributed by atoms with Crippen LogP contribution in [0.1, 0.15) is 92.4 Å². The average Bonchev–Trinajstić information content (AvgIpc) is 2.85. The summed E-state index contributed by atoms with van der Waals surface area (Å²) in [5.41, 5.74) is 1.39. The number of Topliss-reactive ketones (excluding diaryl/α,β-unsaturated/α-hetero) is 1. The van der Waals surface area contributed by atoms with Gasteiger partial charge in [-0.3, -0.25) is 4.79 Å². The molecule has 0 radical (unpaired) electrons. The summed E-state index contributed by atoms with van der Waals surface area (Å²) in [6.07, 6.45) is 12.8. The number of hydrogen-bond acceptors (Lipinski definition) is 2. The largest absolute Gasteiger partial charge is 0.410 e. The lowest BCUT2D eigenvalue weighted by molar-refractivity contribution is -0.118. The highest BCUT2D eigenvalue weighted by Crippen LogP contribution is 2.46. The van der Waals surface area contributed by atoms with Gasteiger partial charge in [0.25, 0.3) is 0 Å². The van der Waals surface area contributed by atoms with E-state index in [1.807, 2.05) is 0 Å². The maximum Gasteiger partial charge on any atom is 0.192 e. The molecule has 0 aromatic rings. The molecule has 0 amide bonds. The van der Waals surface area contributed by atoms with Crippen LogP contribution in [-0.2, 0) is 9.22 Å². The molecule has 0 heterocycles. The first-order valence-electron chi connectivity index (χ1n) is 11.4. The van der Waals surface area contributed by atoms with Crippen LogP contribution in [0.2, 0.25) is 18.1 Å². The first kappa shape index (κ1) is 22.9. The minimum Gasteiger partial charge on any atom is -0.410 e. The van der Waals surface area contributed by atoms with Crippen molar-refractivity contribution in [3.63, 3.8) is 0 Å². The molecule has 27 heavy (non-hydrogen) atoms. The normalized spacial score (nSPS) is 29.1. The molecular formula is C24H44O2Si. The van der Waals surface area contributed by atoms with Gasteiger partial charge in [0.2, 0.25) is 0 Å². The molecule has 2 aliphatic carbocycles. The zero-order valence-corrected chi connectivity index (χ0v) is 20.1. The molecule has 2 bridgehead atoms. The lowest BCUT2D eigenvalue weighted by atomic mass is 9.77. The molecule has 0 aromatic carbocycles. The second kappa shape index (κ2) is 9.39. The summed E-state index contributed by atoms with van der Waals surface area (Å²) >= 11 is 0. The molecule has 3 atom stereocenters. The van der Waals surface area contributed by atoms with Gasteiger partial charge >= 0.3 is 0 Å². The fourth-order valence-corrected chi connectivity index (χ4v) is 6.01. The third-order valence-corrected chi connectivity index (χ3v) is 11.8. The van der Waals surface area contributed by atoms with Crippen molar-refractivity contribution in [3.05, 3.63) is 11.6 Å². The smallest absolute Gasteiger partial charge is 0.192 e. The molecule has 3 heteroatoms. The van der Waals surface area contributed by atoms with Crippen molar-refractivity contribution in [2.75, 3.05) is 0 Å². The van der Waals surface area contributed by atoms with E-state index in [2.05, 4.69) is 53.8 Å². The highest BCUT2D eigenvalue weighted by atomic mass is 28.4. The molecular weight excluding hydrogens is 348 g/mol. The van der Waals surface area contributed by atoms with Crippen molar-refractivity contribution in [2.45, 2.75) is 117 Å². The van der Waals surface area contributed by atoms with Gasteiger partial charge in [-0.1, -0.05) is 78.4 Å². The second-order valence-electron chi connectivity index (χ2n) is 10.9. The van der Waals surface area contributed by atoms with Crippen LogP contribution in [0, 0.1) is 17.8 Å². The molecule has 2 rings (SSSR count). The fraction of sp³-hybridized carbons (Fsp3) is 0.875. The van der Waals surface area contributed by atoms with Gasteiger partial charge in [0.1, 0.15) is 5.78 Å². The van der Waals surface area contributed by atoms with E-state index >= 15 is 0 Å². The van der Waals surface area contributed by atoms with Gasteiger partial charge in [0.15, 0.2) is 8.32 Å². The van der Waals surface area contributed by atoms with Crippen molar-refractivity contribution in [1.82, 2.24) is 0 Å². The quantitative estimate of drug-likeness (QED) is 0.372. The van der Waals surface area contributed by atoms with Crippen LogP contribution in [0.3, 0.4) is 0 Å². The molecule has 1 fully saturated rings. The third kappa shape index (κ3) is 6.03. The predicted molar refractivity (Wildman–Crippen MR) is 119 cm³/mol. The van der Waals surface area contributed by atoms with Gasteiger partial charge < -0.3 is 4.43 Å². The number of fused-ring (bicyclic) bond motifs is 2. The number of carbonyl (C=O) groups excluding carboxylic acids is 1. The zero-order valence-electron chi connectivity index (χ0n) is 19.1. The Labute approximate surface area is 169 Å². The standard InChI is InChI=1S/C24H44O2Si/c1-18(2)23-19-16-20(25)14-12-10-8-9-11-13-15-21(23)22(17-19)26-27(6,7)24(3,4)5/h17-18,21-23H,8-16H2,1-7H3/t21-,22-,23-/m0/s1. The van der Waals surface area contributed by atoms with Gasteiger partial charge in [0, 0.05) is 12.8 Å². The van der Waals surface area contributed by atoms with Gasteiger partial charge in [-0.2, -0.15) is 0 Å². The Hall–Kier alpha value is -0.413. The second-order valence-corrected chi connectivity index (χ2v) is 15.6. The minimum atomic E-state index is -1.83. The molecule has 0 aliphatic heterocycles. The van der Waals surface area contributed by atoms with Crippen LogP contribution in [0.25, 0.3) is 0 Å². The molecule has 0 spiro atoms. The molecule has 0 unspecified atom stereocenters. The number of ketones is 1. The van der Waals surface area contributed by atoms with E-state index in [0.717, 1.165) is 12.8 Å². The maximum atomic E-state index is 12.6. The van der Waals surface area contributed by atoms with E-state index in [0.29, 0.717) is 30.0 Å². The Morgan fingerprint density at radius 3 is 2.22 bits per heavy atom. The highest BCUT2D eigenvalue weighted by molar-refractivity contribution is 6.74. The van der Waals surface area contributed by atoms with E-state index < -0.39 is 8.32 Å². The Morgan fingerprint density at radius 1 is 1.04 bits per heavy atom. The summed E-state index contributed by atoms with van der Waals surface area (Å²) in [6.45, 7) is 16.4. The number of allylic oxidation sites excluding steroid dienone is 1. The molecule has 2 aliphatic rings. The number of hydrogen-bond donors (Lipinski definition) is 0. The Bertz CT molecular complexity index is 527. The first-order chi connectivity index (χ1) is 12.5. The van der Waals surface area contributed by atoms with Crippen LogP contribution >= 0.6 is 0 Å². The molecule has 0 N–H and O–H groups in total. The summed E-state index contributed by atoms with van der Waals surface area (Å²) in [6, 6.07) is 0. The van der Waals surface area contributed by atoms with Crippen LogP contribution in [0.15, 0.2) is 11.6 Å². The molecule has 2 nitrogen and oxygen atoms in total. The predicted octanol–water partition coefficient (Wildman–Crippen LogP) is 7.30. The van der Waals surface area contributed by atoms with E-state index in [9.17, 15) is 4.79 Å². The summed E-state index contributed by atoms with van der Waals surface area (Å²) in [7, 11) is -1.83. The zero-order chi connectivity index (χ0) is 20.2. The summed E-state index contributed by atoms with van der Waals surface area (Å²) in [5.74, 6) is 2.09. The van der Waals surface area contributed by atoms with Crippen LogP contribution in [-0.4, -0.2) is 20.2 Å². The molecule has 0 saturated heterocycles. The molecule has 156 valence electrons. The highest BCUT2D eigenvalue weighted by Gasteiger charge is 2.45. The minimum absolute atomic E-state index is 0.212. The molecule has 0 aromatic heterocycles. The fourth-order valence-electron chi connectivity index (χ4n) is 4.73. The number of rotatable bonds is 3. The third-order valence-electron chi connectivity index (χ3n) is 7.29. The lowest BCUT2D eigenvalue weighted by Crippen LogP contribution is -2.45. The summed E-state index contributed by atoms with van der Waals surface area (Å²) < 4.78 is 6.92. The number of carbonyl (C=O) groups is 1. The summed E-state index contributed by atoms with van der Waals surface area (Å²) in [4.78, 5) is 12.6. The van der Waals surface area contributed by atoms with Gasteiger partial charge in [0.05, 0.1) is 6.10 Å². The van der Waals surface area contributed by atoms with Crippen molar-refractivity contribution in [3.8, 4) is 0 Å². The first-order valence-corrected chi connectivity index (χ1v) is 14.3. The Kier molecular flexibility index (Phi) is 7.95.